The molecule has 0 aliphatic carbocycles. The number of benzene rings is 1. The number of hydrogen-bond donors (Lipinski definition) is 1. The van der Waals surface area contributed by atoms with E-state index in [-0.39, 0.29) is 0 Å². The van der Waals surface area contributed by atoms with Gasteiger partial charge in [0.25, 0.3) is 0 Å². The quantitative estimate of drug-likeness (QED) is 0.858. The van der Waals surface area contributed by atoms with Crippen LogP contribution in [0.2, 0.25) is 0 Å². The van der Waals surface area contributed by atoms with E-state index in [1.807, 2.05) is 18.2 Å². The van der Waals surface area contributed by atoms with Crippen molar-refractivity contribution in [1.29, 1.82) is 5.26 Å². The molecule has 1 heterocycles. The van der Waals surface area contributed by atoms with Crippen molar-refractivity contribution in [3.05, 3.63) is 35.4 Å². The second kappa shape index (κ2) is 5.31. The molecule has 1 N–H and O–H groups in total. The molecule has 0 spiro atoms. The maximum Gasteiger partial charge on any atom is 0.0991 e. The maximum absolute atomic E-state index is 8.83. The molecule has 2 rings (SSSR count). The van der Waals surface area contributed by atoms with Crippen LogP contribution in [0, 0.1) is 11.3 Å². The van der Waals surface area contributed by atoms with Crippen LogP contribution in [0.4, 0.5) is 0 Å². The van der Waals surface area contributed by atoms with Crippen molar-refractivity contribution in [3.8, 4) is 6.07 Å². The Labute approximate surface area is 103 Å². The first-order chi connectivity index (χ1) is 8.19. The fraction of sp³-hybridized carbons (Fsp3) is 0.500. The number of likely N-dealkylation sites (tertiary alicyclic amines) is 1. The third-order valence-electron chi connectivity index (χ3n) is 3.54. The van der Waals surface area contributed by atoms with Gasteiger partial charge in [-0.25, -0.2) is 0 Å². The lowest BCUT2D eigenvalue weighted by atomic mass is 10.1. The average Bonchev–Trinajstić information content (AvgIpc) is 2.67. The summed E-state index contributed by atoms with van der Waals surface area (Å²) in [6.07, 6.45) is 1.20. The predicted octanol–water partition coefficient (Wildman–Crippen LogP) is 1.74. The standard InChI is InChI=1S/C14H19N3/c1-11-6-14(10-17(11)2)16-9-13-5-3-4-12(7-13)8-15/h3-5,7,11,14,16H,6,9-10H2,1-2H3. The zero-order valence-corrected chi connectivity index (χ0v) is 10.5. The molecule has 2 unspecified atom stereocenters. The summed E-state index contributed by atoms with van der Waals surface area (Å²) in [5.41, 5.74) is 1.92. The highest BCUT2D eigenvalue weighted by Gasteiger charge is 2.25. The maximum atomic E-state index is 8.83. The van der Waals surface area contributed by atoms with Gasteiger partial charge >= 0.3 is 0 Å². The molecule has 0 radical (unpaired) electrons. The van der Waals surface area contributed by atoms with Crippen LogP contribution in [0.5, 0.6) is 0 Å². The Bertz CT molecular complexity index is 412. The molecule has 1 aliphatic rings. The first kappa shape index (κ1) is 12.1. The smallest absolute Gasteiger partial charge is 0.0991 e. The minimum Gasteiger partial charge on any atom is -0.309 e. The molecule has 1 aliphatic heterocycles. The van der Waals surface area contributed by atoms with Crippen LogP contribution < -0.4 is 5.32 Å². The van der Waals surface area contributed by atoms with Gasteiger partial charge in [-0.15, -0.1) is 0 Å². The van der Waals surface area contributed by atoms with E-state index in [1.165, 1.54) is 12.0 Å². The molecule has 0 aromatic heterocycles. The van der Waals surface area contributed by atoms with Crippen LogP contribution in [0.25, 0.3) is 0 Å². The van der Waals surface area contributed by atoms with Gasteiger partial charge in [0.2, 0.25) is 0 Å². The molecule has 17 heavy (non-hydrogen) atoms. The summed E-state index contributed by atoms with van der Waals surface area (Å²) in [4.78, 5) is 2.38. The molecule has 90 valence electrons. The lowest BCUT2D eigenvalue weighted by molar-refractivity contribution is 0.326. The van der Waals surface area contributed by atoms with E-state index in [1.54, 1.807) is 0 Å². The van der Waals surface area contributed by atoms with Gasteiger partial charge in [0.1, 0.15) is 0 Å². The molecule has 0 bridgehead atoms. The van der Waals surface area contributed by atoms with Gasteiger partial charge in [-0.3, -0.25) is 0 Å². The third-order valence-corrected chi connectivity index (χ3v) is 3.54. The van der Waals surface area contributed by atoms with Gasteiger partial charge in [0.15, 0.2) is 0 Å². The van der Waals surface area contributed by atoms with Crippen LogP contribution in [0.3, 0.4) is 0 Å². The minimum atomic E-state index is 0.570. The van der Waals surface area contributed by atoms with E-state index in [0.717, 1.165) is 18.7 Å². The predicted molar refractivity (Wildman–Crippen MR) is 68.5 cm³/mol. The Morgan fingerprint density at radius 3 is 3.00 bits per heavy atom. The highest BCUT2D eigenvalue weighted by molar-refractivity contribution is 5.32. The van der Waals surface area contributed by atoms with Gasteiger partial charge in [0, 0.05) is 25.2 Å². The zero-order chi connectivity index (χ0) is 12.3. The summed E-state index contributed by atoms with van der Waals surface area (Å²) >= 11 is 0. The third kappa shape index (κ3) is 3.06. The molecule has 3 heteroatoms. The summed E-state index contributed by atoms with van der Waals surface area (Å²) < 4.78 is 0. The van der Waals surface area contributed by atoms with E-state index in [9.17, 15) is 0 Å². The average molecular weight is 229 g/mol. The zero-order valence-electron chi connectivity index (χ0n) is 10.5. The Kier molecular flexibility index (Phi) is 3.78. The summed E-state index contributed by atoms with van der Waals surface area (Å²) in [5, 5.41) is 12.4. The topological polar surface area (TPSA) is 39.1 Å². The molecule has 1 aromatic rings. The van der Waals surface area contributed by atoms with E-state index in [0.29, 0.717) is 12.1 Å². The van der Waals surface area contributed by atoms with E-state index < -0.39 is 0 Å². The van der Waals surface area contributed by atoms with Crippen LogP contribution in [-0.2, 0) is 6.54 Å². The van der Waals surface area contributed by atoms with E-state index >= 15 is 0 Å². The van der Waals surface area contributed by atoms with Gasteiger partial charge in [-0.05, 0) is 38.1 Å². The van der Waals surface area contributed by atoms with Crippen LogP contribution in [-0.4, -0.2) is 30.6 Å². The molecular formula is C14H19N3. The van der Waals surface area contributed by atoms with E-state index in [4.69, 9.17) is 5.26 Å². The van der Waals surface area contributed by atoms with Crippen LogP contribution >= 0.6 is 0 Å². The Morgan fingerprint density at radius 1 is 1.53 bits per heavy atom. The number of rotatable bonds is 3. The Hall–Kier alpha value is -1.37. The normalized spacial score (nSPS) is 24.8. The Morgan fingerprint density at radius 2 is 2.35 bits per heavy atom. The molecule has 1 aromatic carbocycles. The summed E-state index contributed by atoms with van der Waals surface area (Å²) in [7, 11) is 2.17. The first-order valence-electron chi connectivity index (χ1n) is 6.11. The summed E-state index contributed by atoms with van der Waals surface area (Å²) in [5.74, 6) is 0. The number of nitrogens with one attached hydrogen (secondary N) is 1. The summed E-state index contributed by atoms with van der Waals surface area (Å²) in [6.45, 7) is 4.22. The largest absolute Gasteiger partial charge is 0.309 e. The number of nitriles is 1. The molecule has 1 saturated heterocycles. The van der Waals surface area contributed by atoms with Crippen molar-refractivity contribution in [2.75, 3.05) is 13.6 Å². The van der Waals surface area contributed by atoms with Gasteiger partial charge < -0.3 is 10.2 Å². The molecule has 3 nitrogen and oxygen atoms in total. The molecule has 0 amide bonds. The van der Waals surface area contributed by atoms with Crippen molar-refractivity contribution >= 4 is 0 Å². The molecular weight excluding hydrogens is 210 g/mol. The summed E-state index contributed by atoms with van der Waals surface area (Å²) in [6, 6.07) is 11.2. The Balaban J connectivity index is 1.88. The van der Waals surface area contributed by atoms with Crippen molar-refractivity contribution in [1.82, 2.24) is 10.2 Å². The van der Waals surface area contributed by atoms with Crippen LogP contribution in [0.15, 0.2) is 24.3 Å². The van der Waals surface area contributed by atoms with E-state index in [2.05, 4.69) is 36.3 Å². The van der Waals surface area contributed by atoms with Crippen molar-refractivity contribution in [3.63, 3.8) is 0 Å². The molecule has 0 saturated carbocycles. The highest BCUT2D eigenvalue weighted by atomic mass is 15.2. The number of likely N-dealkylation sites (N-methyl/N-ethyl adjacent to an activating group) is 1. The fourth-order valence-corrected chi connectivity index (χ4v) is 2.35. The fourth-order valence-electron chi connectivity index (χ4n) is 2.35. The second-order valence-corrected chi connectivity index (χ2v) is 4.91. The lowest BCUT2D eigenvalue weighted by Crippen LogP contribution is -2.31. The minimum absolute atomic E-state index is 0.570. The van der Waals surface area contributed by atoms with Crippen molar-refractivity contribution in [2.24, 2.45) is 0 Å². The van der Waals surface area contributed by atoms with Crippen molar-refractivity contribution < 1.29 is 0 Å². The van der Waals surface area contributed by atoms with Gasteiger partial charge in [-0.2, -0.15) is 5.26 Å². The SMILES string of the molecule is CC1CC(NCc2cccc(C#N)c2)CN1C. The van der Waals surface area contributed by atoms with Crippen molar-refractivity contribution in [2.45, 2.75) is 32.0 Å². The van der Waals surface area contributed by atoms with Crippen LogP contribution in [0.1, 0.15) is 24.5 Å². The molecule has 2 atom stereocenters. The highest BCUT2D eigenvalue weighted by Crippen LogP contribution is 2.15. The first-order valence-corrected chi connectivity index (χ1v) is 6.11. The van der Waals surface area contributed by atoms with Gasteiger partial charge in [0.05, 0.1) is 11.6 Å². The monoisotopic (exact) mass is 229 g/mol. The second-order valence-electron chi connectivity index (χ2n) is 4.91. The van der Waals surface area contributed by atoms with Gasteiger partial charge in [-0.1, -0.05) is 12.1 Å². The number of nitrogens with zero attached hydrogens (tertiary/aromatic N) is 2. The lowest BCUT2D eigenvalue weighted by Gasteiger charge is -2.13. The molecule has 1 fully saturated rings. The number of hydrogen-bond acceptors (Lipinski definition) is 3.